The largest absolute Gasteiger partial charge is 0.534 e. The highest BCUT2D eigenvalue weighted by Crippen LogP contribution is 2.30. The minimum atomic E-state index is -5.71. The van der Waals surface area contributed by atoms with Gasteiger partial charge in [0.25, 0.3) is 0 Å². The van der Waals surface area contributed by atoms with Gasteiger partial charge in [0.05, 0.1) is 0 Å². The zero-order valence-electron chi connectivity index (χ0n) is 10.5. The van der Waals surface area contributed by atoms with Crippen LogP contribution in [0, 0.1) is 0 Å². The fourth-order valence-corrected chi connectivity index (χ4v) is 2.69. The van der Waals surface area contributed by atoms with Gasteiger partial charge in [-0.25, -0.2) is 4.79 Å². The third-order valence-corrected chi connectivity index (χ3v) is 4.38. The van der Waals surface area contributed by atoms with Gasteiger partial charge in [0.1, 0.15) is 10.6 Å². The van der Waals surface area contributed by atoms with E-state index >= 15 is 0 Å². The predicted octanol–water partition coefficient (Wildman–Crippen LogP) is 3.34. The maximum Gasteiger partial charge on any atom is 0.534 e. The maximum absolute atomic E-state index is 12.2. The highest BCUT2D eigenvalue weighted by atomic mass is 32.2. The first-order chi connectivity index (χ1) is 10.1. The van der Waals surface area contributed by atoms with E-state index in [1.165, 1.54) is 18.2 Å². The number of benzene rings is 1. The zero-order chi connectivity index (χ0) is 16.5. The standard InChI is InChI=1S/C12H7F3O5S2/c13-12(14,15)22(18,19)20-9-3-1-7(2-4-9)8-5-10(11(16)17)21-6-8/h1-6H,(H,16,17). The number of rotatable bonds is 4. The van der Waals surface area contributed by atoms with Crippen LogP contribution in [0.25, 0.3) is 11.1 Å². The lowest BCUT2D eigenvalue weighted by atomic mass is 10.1. The van der Waals surface area contributed by atoms with Crippen LogP contribution in [0.3, 0.4) is 0 Å². The molecule has 0 radical (unpaired) electrons. The molecule has 1 heterocycles. The number of carboxylic acids is 1. The van der Waals surface area contributed by atoms with E-state index in [1.54, 1.807) is 5.38 Å². The molecule has 0 atom stereocenters. The van der Waals surface area contributed by atoms with Crippen LogP contribution in [0.15, 0.2) is 35.7 Å². The monoisotopic (exact) mass is 352 g/mol. The van der Waals surface area contributed by atoms with Crippen molar-refractivity contribution in [2.24, 2.45) is 0 Å². The molecule has 0 fully saturated rings. The number of aromatic carboxylic acids is 1. The molecule has 0 saturated heterocycles. The van der Waals surface area contributed by atoms with Crippen LogP contribution in [0.2, 0.25) is 0 Å². The second-order valence-corrected chi connectivity index (χ2v) is 6.46. The molecule has 5 nitrogen and oxygen atoms in total. The highest BCUT2D eigenvalue weighted by Gasteiger charge is 2.48. The van der Waals surface area contributed by atoms with Crippen LogP contribution < -0.4 is 4.18 Å². The third kappa shape index (κ3) is 3.39. The highest BCUT2D eigenvalue weighted by molar-refractivity contribution is 7.88. The molecule has 22 heavy (non-hydrogen) atoms. The summed E-state index contributed by atoms with van der Waals surface area (Å²) in [5.74, 6) is -1.58. The van der Waals surface area contributed by atoms with Crippen LogP contribution >= 0.6 is 11.3 Å². The summed E-state index contributed by atoms with van der Waals surface area (Å²) in [6.45, 7) is 0. The number of alkyl halides is 3. The van der Waals surface area contributed by atoms with E-state index in [2.05, 4.69) is 4.18 Å². The number of halogens is 3. The SMILES string of the molecule is O=C(O)c1cc(-c2ccc(OS(=O)(=O)C(F)(F)F)cc2)cs1. The molecule has 1 aromatic carbocycles. The van der Waals surface area contributed by atoms with E-state index in [-0.39, 0.29) is 4.88 Å². The van der Waals surface area contributed by atoms with E-state index in [0.717, 1.165) is 23.5 Å². The van der Waals surface area contributed by atoms with Crippen LogP contribution in [-0.2, 0) is 10.1 Å². The van der Waals surface area contributed by atoms with Crippen LogP contribution in [0.5, 0.6) is 5.75 Å². The minimum Gasteiger partial charge on any atom is -0.477 e. The molecular weight excluding hydrogens is 345 g/mol. The van der Waals surface area contributed by atoms with E-state index in [0.29, 0.717) is 11.1 Å². The lowest BCUT2D eigenvalue weighted by Gasteiger charge is -2.09. The van der Waals surface area contributed by atoms with Gasteiger partial charge >= 0.3 is 21.6 Å². The fraction of sp³-hybridized carbons (Fsp3) is 0.0833. The van der Waals surface area contributed by atoms with Gasteiger partial charge in [0.2, 0.25) is 0 Å². The second-order valence-electron chi connectivity index (χ2n) is 4.01. The summed E-state index contributed by atoms with van der Waals surface area (Å²) in [5.41, 5.74) is -4.44. The van der Waals surface area contributed by atoms with Crippen molar-refractivity contribution in [1.29, 1.82) is 0 Å². The van der Waals surface area contributed by atoms with E-state index < -0.39 is 27.3 Å². The molecule has 0 aliphatic heterocycles. The second kappa shape index (κ2) is 5.61. The van der Waals surface area contributed by atoms with E-state index in [9.17, 15) is 26.4 Å². The van der Waals surface area contributed by atoms with Gasteiger partial charge in [-0.2, -0.15) is 21.6 Å². The maximum atomic E-state index is 12.2. The topological polar surface area (TPSA) is 80.7 Å². The van der Waals surface area contributed by atoms with Crippen molar-refractivity contribution in [3.63, 3.8) is 0 Å². The van der Waals surface area contributed by atoms with Crippen LogP contribution in [0.1, 0.15) is 9.67 Å². The summed E-state index contributed by atoms with van der Waals surface area (Å²) in [6, 6.07) is 6.16. The summed E-state index contributed by atoms with van der Waals surface area (Å²) >= 11 is 0.995. The molecule has 1 N–H and O–H groups in total. The molecule has 0 aliphatic rings. The fourth-order valence-electron chi connectivity index (χ4n) is 1.48. The molecule has 0 spiro atoms. The first-order valence-corrected chi connectivity index (χ1v) is 7.82. The smallest absolute Gasteiger partial charge is 0.477 e. The lowest BCUT2D eigenvalue weighted by Crippen LogP contribution is -2.27. The Kier molecular flexibility index (Phi) is 4.16. The van der Waals surface area contributed by atoms with E-state index in [4.69, 9.17) is 5.11 Å². The Hall–Kier alpha value is -2.07. The molecule has 2 rings (SSSR count). The summed E-state index contributed by atoms with van der Waals surface area (Å²) in [5, 5.41) is 10.4. The van der Waals surface area contributed by atoms with Crippen molar-refractivity contribution in [2.45, 2.75) is 5.51 Å². The van der Waals surface area contributed by atoms with Crippen molar-refractivity contribution in [3.8, 4) is 16.9 Å². The van der Waals surface area contributed by atoms with Gasteiger partial charge < -0.3 is 9.29 Å². The molecule has 2 aromatic rings. The number of hydrogen-bond donors (Lipinski definition) is 1. The zero-order valence-corrected chi connectivity index (χ0v) is 12.1. The summed E-state index contributed by atoms with van der Waals surface area (Å²) < 4.78 is 62.2. The first-order valence-electron chi connectivity index (χ1n) is 5.53. The molecule has 0 aliphatic carbocycles. The molecule has 0 unspecified atom stereocenters. The Balaban J connectivity index is 2.22. The average Bonchev–Trinajstić information content (AvgIpc) is 2.87. The van der Waals surface area contributed by atoms with Crippen LogP contribution in [0.4, 0.5) is 13.2 Å². The Morgan fingerprint density at radius 1 is 1.14 bits per heavy atom. The van der Waals surface area contributed by atoms with Gasteiger partial charge in [0.15, 0.2) is 0 Å². The molecule has 0 saturated carbocycles. The number of hydrogen-bond acceptors (Lipinski definition) is 5. The summed E-state index contributed by atoms with van der Waals surface area (Å²) in [4.78, 5) is 10.9. The quantitative estimate of drug-likeness (QED) is 0.674. The van der Waals surface area contributed by atoms with Crippen molar-refractivity contribution in [1.82, 2.24) is 0 Å². The normalized spacial score (nSPS) is 12.1. The minimum absolute atomic E-state index is 0.106. The Labute approximate surface area is 126 Å². The molecular formula is C12H7F3O5S2. The Morgan fingerprint density at radius 2 is 1.73 bits per heavy atom. The Bertz CT molecular complexity index is 791. The summed E-state index contributed by atoms with van der Waals surface area (Å²) in [6.07, 6.45) is 0. The van der Waals surface area contributed by atoms with Gasteiger partial charge in [-0.1, -0.05) is 12.1 Å². The van der Waals surface area contributed by atoms with Gasteiger partial charge in [-0.05, 0) is 34.7 Å². The number of thiophene rings is 1. The number of carbonyl (C=O) groups is 1. The predicted molar refractivity (Wildman–Crippen MR) is 72.3 cm³/mol. The third-order valence-electron chi connectivity index (χ3n) is 2.49. The number of carboxylic acid groups (broad SMARTS) is 1. The van der Waals surface area contributed by atoms with Gasteiger partial charge in [-0.3, -0.25) is 0 Å². The molecule has 0 amide bonds. The van der Waals surface area contributed by atoms with Crippen molar-refractivity contribution in [2.75, 3.05) is 0 Å². The molecule has 10 heteroatoms. The first kappa shape index (κ1) is 16.3. The van der Waals surface area contributed by atoms with Crippen LogP contribution in [-0.4, -0.2) is 25.0 Å². The van der Waals surface area contributed by atoms with Crippen molar-refractivity contribution < 1.29 is 35.7 Å². The Morgan fingerprint density at radius 3 is 2.18 bits per heavy atom. The molecule has 1 aromatic heterocycles. The van der Waals surface area contributed by atoms with E-state index in [1.807, 2.05) is 0 Å². The van der Waals surface area contributed by atoms with Gasteiger partial charge in [0, 0.05) is 0 Å². The van der Waals surface area contributed by atoms with Gasteiger partial charge in [-0.15, -0.1) is 11.3 Å². The lowest BCUT2D eigenvalue weighted by molar-refractivity contribution is -0.0500. The van der Waals surface area contributed by atoms with Crippen molar-refractivity contribution >= 4 is 27.4 Å². The average molecular weight is 352 g/mol. The molecule has 118 valence electrons. The molecule has 0 bridgehead atoms. The van der Waals surface area contributed by atoms with Crippen molar-refractivity contribution in [3.05, 3.63) is 40.6 Å². The summed E-state index contributed by atoms with van der Waals surface area (Å²) in [7, 11) is -5.71.